The third-order valence-corrected chi connectivity index (χ3v) is 3.15. The predicted octanol–water partition coefficient (Wildman–Crippen LogP) is 3.66. The van der Waals surface area contributed by atoms with Crippen molar-refractivity contribution in [3.63, 3.8) is 0 Å². The van der Waals surface area contributed by atoms with Crippen molar-refractivity contribution in [2.24, 2.45) is 0 Å². The van der Waals surface area contributed by atoms with Crippen LogP contribution in [0.4, 0.5) is 4.39 Å². The van der Waals surface area contributed by atoms with E-state index in [1.165, 1.54) is 24.3 Å². The summed E-state index contributed by atoms with van der Waals surface area (Å²) in [5.41, 5.74) is 1.09. The van der Waals surface area contributed by atoms with Gasteiger partial charge in [-0.1, -0.05) is 11.6 Å². The molecule has 0 saturated carbocycles. The van der Waals surface area contributed by atoms with Crippen LogP contribution in [0.15, 0.2) is 35.6 Å². The van der Waals surface area contributed by atoms with Crippen LogP contribution in [0.25, 0.3) is 11.1 Å². The van der Waals surface area contributed by atoms with Gasteiger partial charge in [-0.25, -0.2) is 9.97 Å². The Morgan fingerprint density at radius 1 is 1.31 bits per heavy atom. The molecule has 1 aromatic carbocycles. The SMILES string of the molecule is CSc1ccc(Cl)cc1-c1cncnc1F. The molecule has 0 atom stereocenters. The van der Waals surface area contributed by atoms with Crippen molar-refractivity contribution in [2.75, 3.05) is 6.26 Å². The summed E-state index contributed by atoms with van der Waals surface area (Å²) in [4.78, 5) is 8.30. The number of halogens is 2. The summed E-state index contributed by atoms with van der Waals surface area (Å²) in [6.45, 7) is 0. The maximum atomic E-state index is 13.5. The van der Waals surface area contributed by atoms with Crippen LogP contribution in [0, 0.1) is 5.95 Å². The number of rotatable bonds is 2. The quantitative estimate of drug-likeness (QED) is 0.604. The van der Waals surface area contributed by atoms with E-state index in [9.17, 15) is 4.39 Å². The highest BCUT2D eigenvalue weighted by molar-refractivity contribution is 7.98. The average molecular weight is 255 g/mol. The molecule has 0 aliphatic rings. The second-order valence-electron chi connectivity index (χ2n) is 3.07. The first kappa shape index (κ1) is 11.4. The summed E-state index contributed by atoms with van der Waals surface area (Å²) >= 11 is 7.43. The van der Waals surface area contributed by atoms with Gasteiger partial charge >= 0.3 is 0 Å². The van der Waals surface area contributed by atoms with Crippen LogP contribution in [0.5, 0.6) is 0 Å². The van der Waals surface area contributed by atoms with E-state index >= 15 is 0 Å². The van der Waals surface area contributed by atoms with E-state index < -0.39 is 5.95 Å². The highest BCUT2D eigenvalue weighted by atomic mass is 35.5. The van der Waals surface area contributed by atoms with Gasteiger partial charge < -0.3 is 0 Å². The van der Waals surface area contributed by atoms with Crippen LogP contribution in [-0.2, 0) is 0 Å². The minimum atomic E-state index is -0.535. The molecule has 5 heteroatoms. The Morgan fingerprint density at radius 3 is 2.81 bits per heavy atom. The minimum absolute atomic E-state index is 0.370. The zero-order valence-electron chi connectivity index (χ0n) is 8.45. The average Bonchev–Trinajstić information content (AvgIpc) is 2.29. The fourth-order valence-electron chi connectivity index (χ4n) is 1.39. The number of nitrogens with zero attached hydrogens (tertiary/aromatic N) is 2. The van der Waals surface area contributed by atoms with E-state index in [2.05, 4.69) is 9.97 Å². The van der Waals surface area contributed by atoms with Crippen molar-refractivity contribution in [1.82, 2.24) is 9.97 Å². The fourth-order valence-corrected chi connectivity index (χ4v) is 2.15. The third kappa shape index (κ3) is 2.18. The van der Waals surface area contributed by atoms with E-state index in [1.807, 2.05) is 12.3 Å². The van der Waals surface area contributed by atoms with Crippen molar-refractivity contribution >= 4 is 23.4 Å². The molecule has 0 unspecified atom stereocenters. The highest BCUT2D eigenvalue weighted by Crippen LogP contribution is 2.32. The first-order chi connectivity index (χ1) is 7.72. The van der Waals surface area contributed by atoms with Gasteiger partial charge in [0.05, 0.1) is 5.56 Å². The topological polar surface area (TPSA) is 25.8 Å². The van der Waals surface area contributed by atoms with Crippen LogP contribution in [0.1, 0.15) is 0 Å². The van der Waals surface area contributed by atoms with Crippen molar-refractivity contribution in [3.05, 3.63) is 41.7 Å². The first-order valence-electron chi connectivity index (χ1n) is 4.52. The molecule has 0 N–H and O–H groups in total. The van der Waals surface area contributed by atoms with Gasteiger partial charge in [0.15, 0.2) is 0 Å². The van der Waals surface area contributed by atoms with E-state index in [-0.39, 0.29) is 0 Å². The van der Waals surface area contributed by atoms with Gasteiger partial charge in [-0.05, 0) is 24.5 Å². The molecular weight excluding hydrogens is 247 g/mol. The summed E-state index contributed by atoms with van der Waals surface area (Å²) in [6, 6.07) is 5.35. The molecule has 1 aromatic heterocycles. The summed E-state index contributed by atoms with van der Waals surface area (Å²) in [5, 5.41) is 0.566. The van der Waals surface area contributed by atoms with Gasteiger partial charge in [0.25, 0.3) is 0 Å². The number of hydrogen-bond donors (Lipinski definition) is 0. The Balaban J connectivity index is 2.63. The molecule has 82 valence electrons. The largest absolute Gasteiger partial charge is 0.244 e. The van der Waals surface area contributed by atoms with E-state index in [1.54, 1.807) is 12.1 Å². The van der Waals surface area contributed by atoms with Gasteiger partial charge in [-0.15, -0.1) is 11.8 Å². The zero-order chi connectivity index (χ0) is 11.5. The molecule has 1 heterocycles. The molecule has 0 radical (unpaired) electrons. The second-order valence-corrected chi connectivity index (χ2v) is 4.36. The third-order valence-electron chi connectivity index (χ3n) is 2.12. The Kier molecular flexibility index (Phi) is 3.41. The van der Waals surface area contributed by atoms with Gasteiger partial charge in [-0.3, -0.25) is 0 Å². The molecule has 2 aromatic rings. The molecule has 0 amide bonds. The normalized spacial score (nSPS) is 10.4. The fraction of sp³-hybridized carbons (Fsp3) is 0.0909. The van der Waals surface area contributed by atoms with E-state index in [0.717, 1.165) is 10.5 Å². The summed E-state index contributed by atoms with van der Waals surface area (Å²) in [5.74, 6) is -0.535. The Morgan fingerprint density at radius 2 is 2.12 bits per heavy atom. The first-order valence-corrected chi connectivity index (χ1v) is 6.12. The molecule has 0 aliphatic heterocycles. The maximum Gasteiger partial charge on any atom is 0.223 e. The van der Waals surface area contributed by atoms with E-state index in [0.29, 0.717) is 10.6 Å². The standard InChI is InChI=1S/C11H8ClFN2S/c1-16-10-3-2-7(12)4-8(10)9-5-14-6-15-11(9)13/h2-6H,1H3. The lowest BCUT2D eigenvalue weighted by molar-refractivity contribution is 0.583. The number of benzene rings is 1. The Hall–Kier alpha value is -1.13. The smallest absolute Gasteiger partial charge is 0.223 e. The molecule has 0 aliphatic carbocycles. The van der Waals surface area contributed by atoms with Gasteiger partial charge in [0.1, 0.15) is 6.33 Å². The lowest BCUT2D eigenvalue weighted by Crippen LogP contribution is -1.91. The van der Waals surface area contributed by atoms with Crippen LogP contribution in [-0.4, -0.2) is 16.2 Å². The molecule has 0 spiro atoms. The Bertz CT molecular complexity index is 519. The summed E-state index contributed by atoms with van der Waals surface area (Å²) < 4.78 is 13.5. The van der Waals surface area contributed by atoms with Gasteiger partial charge in [0.2, 0.25) is 5.95 Å². The Labute approximate surface area is 102 Å². The summed E-state index contributed by atoms with van der Waals surface area (Å²) in [7, 11) is 0. The van der Waals surface area contributed by atoms with Crippen molar-refractivity contribution in [2.45, 2.75) is 4.90 Å². The molecule has 0 saturated heterocycles. The van der Waals surface area contributed by atoms with Crippen LogP contribution in [0.2, 0.25) is 5.02 Å². The summed E-state index contributed by atoms with van der Waals surface area (Å²) in [6.07, 6.45) is 4.56. The van der Waals surface area contributed by atoms with Gasteiger partial charge in [0, 0.05) is 21.7 Å². The number of thioether (sulfide) groups is 1. The van der Waals surface area contributed by atoms with Crippen molar-refractivity contribution < 1.29 is 4.39 Å². The van der Waals surface area contributed by atoms with Gasteiger partial charge in [-0.2, -0.15) is 4.39 Å². The molecule has 0 bridgehead atoms. The zero-order valence-corrected chi connectivity index (χ0v) is 10.0. The molecule has 2 nitrogen and oxygen atoms in total. The highest BCUT2D eigenvalue weighted by Gasteiger charge is 2.11. The van der Waals surface area contributed by atoms with E-state index in [4.69, 9.17) is 11.6 Å². The monoisotopic (exact) mass is 254 g/mol. The van der Waals surface area contributed by atoms with Crippen LogP contribution >= 0.6 is 23.4 Å². The number of aromatic nitrogens is 2. The lowest BCUT2D eigenvalue weighted by atomic mass is 10.1. The minimum Gasteiger partial charge on any atom is -0.244 e. The predicted molar refractivity (Wildman–Crippen MR) is 64.2 cm³/mol. The maximum absolute atomic E-state index is 13.5. The molecular formula is C11H8ClFN2S. The van der Waals surface area contributed by atoms with Crippen molar-refractivity contribution in [1.29, 1.82) is 0 Å². The lowest BCUT2D eigenvalue weighted by Gasteiger charge is -2.07. The molecule has 16 heavy (non-hydrogen) atoms. The van der Waals surface area contributed by atoms with Crippen LogP contribution in [0.3, 0.4) is 0 Å². The second kappa shape index (κ2) is 4.80. The van der Waals surface area contributed by atoms with Crippen LogP contribution < -0.4 is 0 Å². The molecule has 0 fully saturated rings. The molecule has 2 rings (SSSR count). The number of hydrogen-bond acceptors (Lipinski definition) is 3. The van der Waals surface area contributed by atoms with Crippen molar-refractivity contribution in [3.8, 4) is 11.1 Å².